The van der Waals surface area contributed by atoms with Crippen LogP contribution < -0.4 is 0 Å². The third-order valence-electron chi connectivity index (χ3n) is 3.24. The topological polar surface area (TPSA) is 101 Å². The molecule has 0 saturated heterocycles. The van der Waals surface area contributed by atoms with Crippen LogP contribution in [0.1, 0.15) is 56.8 Å². The van der Waals surface area contributed by atoms with E-state index in [0.717, 1.165) is 43.9 Å². The van der Waals surface area contributed by atoms with Gasteiger partial charge in [-0.3, -0.25) is 0 Å². The lowest BCUT2D eigenvalue weighted by Crippen LogP contribution is -2.16. The quantitative estimate of drug-likeness (QED) is 0.818. The van der Waals surface area contributed by atoms with E-state index in [4.69, 9.17) is 14.9 Å². The van der Waals surface area contributed by atoms with Gasteiger partial charge in [-0.05, 0) is 43.9 Å². The lowest BCUT2D eigenvalue weighted by molar-refractivity contribution is 0.0318. The molecule has 1 aromatic carbocycles. The number of rotatable bonds is 4. The highest BCUT2D eigenvalue weighted by atomic mass is 16.5. The van der Waals surface area contributed by atoms with Crippen LogP contribution in [-0.4, -0.2) is 34.2 Å². The second kappa shape index (κ2) is 5.73. The molecule has 1 aliphatic carbocycles. The molecule has 6 nitrogen and oxygen atoms in total. The third-order valence-corrected chi connectivity index (χ3v) is 3.24. The van der Waals surface area contributed by atoms with Gasteiger partial charge in [0.1, 0.15) is 6.10 Å². The first-order valence-electron chi connectivity index (χ1n) is 6.30. The zero-order valence-electron chi connectivity index (χ0n) is 10.7. The Balaban J connectivity index is 2.26. The first kappa shape index (κ1) is 14.0. The van der Waals surface area contributed by atoms with Gasteiger partial charge < -0.3 is 14.9 Å². The van der Waals surface area contributed by atoms with Crippen LogP contribution >= 0.6 is 0 Å². The summed E-state index contributed by atoms with van der Waals surface area (Å²) in [5.41, 5.74) is -0.541. The third kappa shape index (κ3) is 3.14. The number of hydrogen-bond acceptors (Lipinski definition) is 4. The molecule has 2 N–H and O–H groups in total. The van der Waals surface area contributed by atoms with Crippen LogP contribution in [0, 0.1) is 0 Å². The molecule has 0 atom stereocenters. The summed E-state index contributed by atoms with van der Waals surface area (Å²) in [5.74, 6) is -3.26. The van der Waals surface area contributed by atoms with E-state index in [1.807, 2.05) is 0 Å². The number of ether oxygens (including phenoxy) is 1. The Morgan fingerprint density at radius 1 is 0.900 bits per heavy atom. The van der Waals surface area contributed by atoms with Gasteiger partial charge in [0.05, 0.1) is 16.7 Å². The summed E-state index contributed by atoms with van der Waals surface area (Å²) in [4.78, 5) is 33.8. The van der Waals surface area contributed by atoms with Crippen LogP contribution in [0.4, 0.5) is 0 Å². The van der Waals surface area contributed by atoms with Gasteiger partial charge in [-0.15, -0.1) is 0 Å². The van der Waals surface area contributed by atoms with E-state index in [-0.39, 0.29) is 22.8 Å². The molecular formula is C14H14O6. The lowest BCUT2D eigenvalue weighted by atomic mass is 10.1. The summed E-state index contributed by atoms with van der Waals surface area (Å²) in [7, 11) is 0. The SMILES string of the molecule is O=C(O)c1cc(C(=O)O)cc(C(=O)OC2CCCC2)c1. The Bertz CT molecular complexity index is 525. The van der Waals surface area contributed by atoms with Crippen LogP contribution in [0.2, 0.25) is 0 Å². The van der Waals surface area contributed by atoms with Crippen LogP contribution in [-0.2, 0) is 4.74 Å². The van der Waals surface area contributed by atoms with Gasteiger partial charge in [-0.1, -0.05) is 0 Å². The average molecular weight is 278 g/mol. The van der Waals surface area contributed by atoms with Crippen LogP contribution in [0.3, 0.4) is 0 Å². The Morgan fingerprint density at radius 3 is 1.80 bits per heavy atom. The van der Waals surface area contributed by atoms with Crippen molar-refractivity contribution in [2.24, 2.45) is 0 Å². The molecule has 1 aromatic rings. The fourth-order valence-electron chi connectivity index (χ4n) is 2.22. The molecular weight excluding hydrogens is 264 g/mol. The molecule has 106 valence electrons. The molecule has 2 rings (SSSR count). The minimum atomic E-state index is -1.29. The van der Waals surface area contributed by atoms with Gasteiger partial charge in [0.25, 0.3) is 0 Å². The molecule has 0 unspecified atom stereocenters. The van der Waals surface area contributed by atoms with E-state index in [1.54, 1.807) is 0 Å². The summed E-state index contributed by atoms with van der Waals surface area (Å²) in [5, 5.41) is 17.9. The number of benzene rings is 1. The predicted molar refractivity (Wildman–Crippen MR) is 68.0 cm³/mol. The van der Waals surface area contributed by atoms with E-state index in [0.29, 0.717) is 0 Å². The van der Waals surface area contributed by atoms with E-state index >= 15 is 0 Å². The maximum Gasteiger partial charge on any atom is 0.338 e. The number of aromatic carboxylic acids is 2. The highest BCUT2D eigenvalue weighted by Gasteiger charge is 2.22. The Morgan fingerprint density at radius 2 is 1.35 bits per heavy atom. The van der Waals surface area contributed by atoms with Crippen molar-refractivity contribution in [3.8, 4) is 0 Å². The van der Waals surface area contributed by atoms with Gasteiger partial charge in [0, 0.05) is 0 Å². The van der Waals surface area contributed by atoms with Crippen molar-refractivity contribution in [2.45, 2.75) is 31.8 Å². The van der Waals surface area contributed by atoms with Crippen LogP contribution in [0.25, 0.3) is 0 Å². The molecule has 6 heteroatoms. The van der Waals surface area contributed by atoms with Gasteiger partial charge in [0.2, 0.25) is 0 Å². The summed E-state index contributed by atoms with van der Waals surface area (Å²) in [6, 6.07) is 3.27. The maximum absolute atomic E-state index is 11.9. The first-order valence-corrected chi connectivity index (χ1v) is 6.30. The summed E-state index contributed by atoms with van der Waals surface area (Å²) >= 11 is 0. The number of carbonyl (C=O) groups is 3. The van der Waals surface area contributed by atoms with Crippen molar-refractivity contribution >= 4 is 17.9 Å². The van der Waals surface area contributed by atoms with Crippen molar-refractivity contribution < 1.29 is 29.3 Å². The fourth-order valence-corrected chi connectivity index (χ4v) is 2.22. The number of carbonyl (C=O) groups excluding carboxylic acids is 1. The van der Waals surface area contributed by atoms with Gasteiger partial charge in [0.15, 0.2) is 0 Å². The molecule has 0 aliphatic heterocycles. The zero-order valence-corrected chi connectivity index (χ0v) is 10.7. The molecule has 1 fully saturated rings. The summed E-state index contributed by atoms with van der Waals surface area (Å²) in [6.45, 7) is 0. The molecule has 0 spiro atoms. The molecule has 0 heterocycles. The normalized spacial score (nSPS) is 15.0. The second-order valence-corrected chi connectivity index (χ2v) is 4.72. The van der Waals surface area contributed by atoms with Crippen molar-refractivity contribution in [1.29, 1.82) is 0 Å². The second-order valence-electron chi connectivity index (χ2n) is 4.72. The molecule has 0 radical (unpaired) electrons. The van der Waals surface area contributed by atoms with E-state index in [2.05, 4.69) is 0 Å². The van der Waals surface area contributed by atoms with Crippen molar-refractivity contribution in [3.63, 3.8) is 0 Å². The number of hydrogen-bond donors (Lipinski definition) is 2. The van der Waals surface area contributed by atoms with Crippen LogP contribution in [0.15, 0.2) is 18.2 Å². The summed E-state index contributed by atoms with van der Waals surface area (Å²) < 4.78 is 5.24. The summed E-state index contributed by atoms with van der Waals surface area (Å²) in [6.07, 6.45) is 3.40. The predicted octanol–water partition coefficient (Wildman–Crippen LogP) is 2.18. The maximum atomic E-state index is 11.9. The van der Waals surface area contributed by atoms with Crippen LogP contribution in [0.5, 0.6) is 0 Å². The molecule has 0 aromatic heterocycles. The number of carboxylic acids is 2. The van der Waals surface area contributed by atoms with E-state index < -0.39 is 17.9 Å². The molecule has 0 amide bonds. The van der Waals surface area contributed by atoms with Gasteiger partial charge in [-0.2, -0.15) is 0 Å². The minimum absolute atomic E-state index is 0.0470. The standard InChI is InChI=1S/C14H14O6/c15-12(16)8-5-9(13(17)18)7-10(6-8)14(19)20-11-3-1-2-4-11/h5-7,11H,1-4H2,(H,15,16)(H,17,18). The molecule has 0 bridgehead atoms. The molecule has 1 aliphatic rings. The van der Waals surface area contributed by atoms with Crippen molar-refractivity contribution in [1.82, 2.24) is 0 Å². The minimum Gasteiger partial charge on any atom is -0.478 e. The van der Waals surface area contributed by atoms with Gasteiger partial charge in [-0.25, -0.2) is 14.4 Å². The largest absolute Gasteiger partial charge is 0.478 e. The molecule has 20 heavy (non-hydrogen) atoms. The van der Waals surface area contributed by atoms with E-state index in [9.17, 15) is 14.4 Å². The van der Waals surface area contributed by atoms with Gasteiger partial charge >= 0.3 is 17.9 Å². The monoisotopic (exact) mass is 278 g/mol. The average Bonchev–Trinajstić information content (AvgIpc) is 2.90. The first-order chi connectivity index (χ1) is 9.47. The lowest BCUT2D eigenvalue weighted by Gasteiger charge is -2.12. The zero-order chi connectivity index (χ0) is 14.7. The fraction of sp³-hybridized carbons (Fsp3) is 0.357. The number of carboxylic acid groups (broad SMARTS) is 2. The smallest absolute Gasteiger partial charge is 0.338 e. The Kier molecular flexibility index (Phi) is 4.02. The highest BCUT2D eigenvalue weighted by molar-refractivity contribution is 5.99. The Labute approximate surface area is 115 Å². The number of esters is 1. The highest BCUT2D eigenvalue weighted by Crippen LogP contribution is 2.22. The Hall–Kier alpha value is -2.37. The van der Waals surface area contributed by atoms with Crippen molar-refractivity contribution in [3.05, 3.63) is 34.9 Å². The van der Waals surface area contributed by atoms with E-state index in [1.165, 1.54) is 0 Å². The molecule has 1 saturated carbocycles. The van der Waals surface area contributed by atoms with Crippen molar-refractivity contribution in [2.75, 3.05) is 0 Å².